The van der Waals surface area contributed by atoms with Gasteiger partial charge in [-0.2, -0.15) is 0 Å². The fraction of sp³-hybridized carbons (Fsp3) is 0.444. The maximum atomic E-state index is 5.33. The highest BCUT2D eigenvalue weighted by Crippen LogP contribution is 2.23. The molecule has 0 aliphatic carbocycles. The van der Waals surface area contributed by atoms with E-state index >= 15 is 0 Å². The van der Waals surface area contributed by atoms with E-state index in [-0.39, 0.29) is 12.1 Å². The average Bonchev–Trinajstić information content (AvgIpc) is 2.87. The molecule has 0 radical (unpaired) electrons. The zero-order valence-corrected chi connectivity index (χ0v) is 9.91. The van der Waals surface area contributed by atoms with E-state index in [1.165, 1.54) is 4.88 Å². The van der Waals surface area contributed by atoms with Crippen molar-refractivity contribution in [2.24, 2.45) is 0 Å². The number of hydrogen-bond donors (Lipinski definition) is 2. The molecule has 2 rings (SSSR count). The predicted molar refractivity (Wildman–Crippen MR) is 62.2 cm³/mol. The first-order chi connectivity index (χ1) is 7.69. The van der Waals surface area contributed by atoms with E-state index in [1.807, 2.05) is 13.1 Å². The second kappa shape index (κ2) is 4.48. The summed E-state index contributed by atoms with van der Waals surface area (Å²) < 4.78 is 5.03. The van der Waals surface area contributed by atoms with E-state index < -0.39 is 0 Å². The van der Waals surface area contributed by atoms with Crippen LogP contribution in [-0.4, -0.2) is 15.2 Å². The topological polar surface area (TPSA) is 89.9 Å². The number of aromatic nitrogens is 3. The van der Waals surface area contributed by atoms with Gasteiger partial charge in [0.05, 0.1) is 6.04 Å². The minimum Gasteiger partial charge on any atom is -0.390 e. The number of hydrogen-bond acceptors (Lipinski definition) is 7. The number of thiazole rings is 1. The summed E-state index contributed by atoms with van der Waals surface area (Å²) in [6.45, 7) is 4.09. The van der Waals surface area contributed by atoms with Crippen LogP contribution in [0.25, 0.3) is 0 Å². The van der Waals surface area contributed by atoms with E-state index in [1.54, 1.807) is 11.3 Å². The molecule has 0 aliphatic rings. The van der Waals surface area contributed by atoms with Gasteiger partial charge in [-0.1, -0.05) is 17.1 Å². The van der Waals surface area contributed by atoms with Gasteiger partial charge in [0.15, 0.2) is 0 Å². The lowest BCUT2D eigenvalue weighted by Gasteiger charge is -2.07. The minimum absolute atomic E-state index is 0.0325. The molecule has 1 atom stereocenters. The van der Waals surface area contributed by atoms with Crippen molar-refractivity contribution < 1.29 is 4.42 Å². The molecule has 1 unspecified atom stereocenters. The van der Waals surface area contributed by atoms with Crippen molar-refractivity contribution in [2.45, 2.75) is 26.3 Å². The number of nitrogens with zero attached hydrogens (tertiary/aromatic N) is 3. The Balaban J connectivity index is 2.05. The van der Waals surface area contributed by atoms with Gasteiger partial charge in [0.1, 0.15) is 5.01 Å². The number of rotatable bonds is 4. The Morgan fingerprint density at radius 2 is 2.38 bits per heavy atom. The molecule has 2 aromatic rings. The molecule has 0 bridgehead atoms. The normalized spacial score (nSPS) is 12.6. The van der Waals surface area contributed by atoms with E-state index in [0.29, 0.717) is 6.01 Å². The summed E-state index contributed by atoms with van der Waals surface area (Å²) >= 11 is 1.67. The molecule has 3 N–H and O–H groups in total. The zero-order valence-electron chi connectivity index (χ0n) is 9.10. The van der Waals surface area contributed by atoms with Crippen LogP contribution in [0.2, 0.25) is 0 Å². The molecule has 0 aromatic carbocycles. The van der Waals surface area contributed by atoms with Gasteiger partial charge in [-0.05, 0) is 13.3 Å². The zero-order chi connectivity index (χ0) is 11.5. The van der Waals surface area contributed by atoms with Crippen LogP contribution in [0.3, 0.4) is 0 Å². The van der Waals surface area contributed by atoms with Gasteiger partial charge in [-0.3, -0.25) is 0 Å². The molecule has 0 amide bonds. The van der Waals surface area contributed by atoms with Crippen LogP contribution in [0.5, 0.6) is 0 Å². The molecular formula is C9H13N5OS. The summed E-state index contributed by atoms with van der Waals surface area (Å²) in [4.78, 5) is 5.58. The van der Waals surface area contributed by atoms with Crippen LogP contribution in [-0.2, 0) is 6.42 Å². The van der Waals surface area contributed by atoms with Crippen LogP contribution >= 0.6 is 11.3 Å². The summed E-state index contributed by atoms with van der Waals surface area (Å²) in [5, 5.41) is 11.3. The Labute approximate surface area is 96.9 Å². The molecule has 0 spiro atoms. The second-order valence-corrected chi connectivity index (χ2v) is 4.48. The van der Waals surface area contributed by atoms with E-state index in [4.69, 9.17) is 10.2 Å². The first-order valence-corrected chi connectivity index (χ1v) is 5.80. The monoisotopic (exact) mass is 239 g/mol. The molecule has 0 saturated carbocycles. The highest BCUT2D eigenvalue weighted by molar-refractivity contribution is 7.11. The average molecular weight is 239 g/mol. The molecule has 2 aromatic heterocycles. The molecule has 0 saturated heterocycles. The first-order valence-electron chi connectivity index (χ1n) is 4.99. The van der Waals surface area contributed by atoms with Gasteiger partial charge in [0.25, 0.3) is 0 Å². The lowest BCUT2D eigenvalue weighted by Crippen LogP contribution is -2.06. The number of nitrogens with two attached hydrogens (primary N) is 1. The lowest BCUT2D eigenvalue weighted by atomic mass is 10.4. The highest BCUT2D eigenvalue weighted by atomic mass is 32.1. The largest absolute Gasteiger partial charge is 0.390 e. The number of nitrogens with one attached hydrogen (secondary N) is 1. The van der Waals surface area contributed by atoms with Gasteiger partial charge in [0.2, 0.25) is 0 Å². The molecule has 86 valence electrons. The van der Waals surface area contributed by atoms with Crippen molar-refractivity contribution in [1.29, 1.82) is 0 Å². The highest BCUT2D eigenvalue weighted by Gasteiger charge is 2.12. The van der Waals surface area contributed by atoms with Crippen molar-refractivity contribution in [2.75, 3.05) is 11.1 Å². The van der Waals surface area contributed by atoms with Crippen molar-refractivity contribution in [3.05, 3.63) is 16.1 Å². The van der Waals surface area contributed by atoms with Crippen LogP contribution in [0.1, 0.15) is 29.8 Å². The fourth-order valence-electron chi connectivity index (χ4n) is 1.23. The molecule has 0 fully saturated rings. The van der Waals surface area contributed by atoms with Crippen molar-refractivity contribution in [3.8, 4) is 0 Å². The molecule has 2 heterocycles. The Hall–Kier alpha value is -1.63. The van der Waals surface area contributed by atoms with Crippen molar-refractivity contribution in [1.82, 2.24) is 15.2 Å². The van der Waals surface area contributed by atoms with Crippen molar-refractivity contribution in [3.63, 3.8) is 0 Å². The molecular weight excluding hydrogens is 226 g/mol. The molecule has 16 heavy (non-hydrogen) atoms. The number of anilines is 2. The third-order valence-corrected chi connectivity index (χ3v) is 3.40. The van der Waals surface area contributed by atoms with Gasteiger partial charge >= 0.3 is 12.0 Å². The van der Waals surface area contributed by atoms with Gasteiger partial charge in [-0.15, -0.1) is 11.3 Å². The minimum atomic E-state index is 0.0325. The Morgan fingerprint density at radius 1 is 1.56 bits per heavy atom. The second-order valence-electron chi connectivity index (χ2n) is 3.33. The fourth-order valence-corrected chi connectivity index (χ4v) is 2.09. The molecule has 0 aliphatic heterocycles. The van der Waals surface area contributed by atoms with Crippen LogP contribution in [0.15, 0.2) is 10.6 Å². The third-order valence-electron chi connectivity index (χ3n) is 2.07. The third kappa shape index (κ3) is 2.30. The number of nitrogen functional groups attached to an aromatic ring is 1. The standard InChI is InChI=1S/C9H13N5OS/c1-3-6-4-11-7(16-6)5(2)12-9-14-13-8(10)15-9/h4-5H,3H2,1-2H3,(H2,10,13)(H,12,14). The van der Waals surface area contributed by atoms with Gasteiger partial charge < -0.3 is 15.5 Å². The van der Waals surface area contributed by atoms with E-state index in [9.17, 15) is 0 Å². The SMILES string of the molecule is CCc1cnc(C(C)Nc2nnc(N)o2)s1. The maximum absolute atomic E-state index is 5.33. The Kier molecular flexibility index (Phi) is 3.04. The van der Waals surface area contributed by atoms with Gasteiger partial charge in [-0.25, -0.2) is 4.98 Å². The number of aryl methyl sites for hydroxylation is 1. The summed E-state index contributed by atoms with van der Waals surface area (Å²) in [6, 6.07) is 0.409. The van der Waals surface area contributed by atoms with Crippen LogP contribution in [0.4, 0.5) is 12.0 Å². The molecule has 7 heteroatoms. The summed E-state index contributed by atoms with van der Waals surface area (Å²) in [5.74, 6) is 0. The maximum Gasteiger partial charge on any atom is 0.317 e. The smallest absolute Gasteiger partial charge is 0.317 e. The predicted octanol–water partition coefficient (Wildman–Crippen LogP) is 1.84. The first kappa shape index (κ1) is 10.9. The summed E-state index contributed by atoms with van der Waals surface area (Å²) in [6.07, 6.45) is 2.89. The van der Waals surface area contributed by atoms with Crippen LogP contribution in [0, 0.1) is 0 Å². The lowest BCUT2D eigenvalue weighted by molar-refractivity contribution is 0.578. The quantitative estimate of drug-likeness (QED) is 0.846. The van der Waals surface area contributed by atoms with Crippen molar-refractivity contribution >= 4 is 23.4 Å². The van der Waals surface area contributed by atoms with Gasteiger partial charge in [0, 0.05) is 11.1 Å². The van der Waals surface area contributed by atoms with E-state index in [2.05, 4.69) is 27.4 Å². The van der Waals surface area contributed by atoms with E-state index in [0.717, 1.165) is 11.4 Å². The van der Waals surface area contributed by atoms with Crippen LogP contribution < -0.4 is 11.1 Å². The molecule has 6 nitrogen and oxygen atoms in total. The summed E-state index contributed by atoms with van der Waals surface area (Å²) in [5.41, 5.74) is 5.33. The Morgan fingerprint density at radius 3 is 2.94 bits per heavy atom. The summed E-state index contributed by atoms with van der Waals surface area (Å²) in [7, 11) is 0. The Bertz CT molecular complexity index is 466.